The zero-order valence-electron chi connectivity index (χ0n) is 15.5. The van der Waals surface area contributed by atoms with Crippen molar-refractivity contribution in [3.8, 4) is 0 Å². The highest BCUT2D eigenvalue weighted by Crippen LogP contribution is 2.31. The lowest BCUT2D eigenvalue weighted by Crippen LogP contribution is -2.28. The van der Waals surface area contributed by atoms with Crippen molar-refractivity contribution in [2.24, 2.45) is 0 Å². The molecule has 142 valence electrons. The number of fused-ring (bicyclic) bond motifs is 3. The Hall–Kier alpha value is -3.61. The smallest absolute Gasteiger partial charge is 0.323 e. The summed E-state index contributed by atoms with van der Waals surface area (Å²) < 4.78 is 7.00. The van der Waals surface area contributed by atoms with Gasteiger partial charge in [0.1, 0.15) is 17.7 Å². The number of nitrogens with one attached hydrogen (secondary N) is 1. The van der Waals surface area contributed by atoms with E-state index in [4.69, 9.17) is 9.52 Å². The summed E-state index contributed by atoms with van der Waals surface area (Å²) in [5, 5.41) is 14.1. The number of aromatic nitrogens is 2. The predicted molar refractivity (Wildman–Crippen MR) is 107 cm³/mol. The number of furan rings is 1. The van der Waals surface area contributed by atoms with Crippen LogP contribution in [0.15, 0.2) is 57.9 Å². The average Bonchev–Trinajstić information content (AvgIpc) is 3.03. The lowest BCUT2D eigenvalue weighted by atomic mass is 10.0. The number of rotatable bonds is 5. The molecule has 0 saturated heterocycles. The van der Waals surface area contributed by atoms with Crippen molar-refractivity contribution in [1.29, 1.82) is 0 Å². The molecule has 7 nitrogen and oxygen atoms in total. The van der Waals surface area contributed by atoms with Crippen LogP contribution in [0.4, 0.5) is 5.82 Å². The molecule has 4 rings (SSSR count). The van der Waals surface area contributed by atoms with Crippen molar-refractivity contribution in [2.75, 3.05) is 5.32 Å². The summed E-state index contributed by atoms with van der Waals surface area (Å²) in [6.07, 6.45) is 1.44. The van der Waals surface area contributed by atoms with E-state index in [0.29, 0.717) is 5.69 Å². The largest absolute Gasteiger partial charge is 0.480 e. The molecule has 2 heterocycles. The van der Waals surface area contributed by atoms with Crippen molar-refractivity contribution < 1.29 is 14.3 Å². The van der Waals surface area contributed by atoms with Crippen LogP contribution in [-0.4, -0.2) is 20.6 Å². The summed E-state index contributed by atoms with van der Waals surface area (Å²) in [5.41, 5.74) is 2.69. The Morgan fingerprint density at radius 2 is 1.96 bits per heavy atom. The number of carboxylic acid groups (broad SMARTS) is 1. The number of hydrogen-bond donors (Lipinski definition) is 2. The Labute approximate surface area is 160 Å². The lowest BCUT2D eigenvalue weighted by Gasteiger charge is -2.16. The molecule has 0 bridgehead atoms. The van der Waals surface area contributed by atoms with Crippen molar-refractivity contribution in [2.45, 2.75) is 26.4 Å². The monoisotopic (exact) mass is 377 g/mol. The molecule has 28 heavy (non-hydrogen) atoms. The van der Waals surface area contributed by atoms with Gasteiger partial charge in [-0.2, -0.15) is 0 Å². The number of aliphatic carboxylic acids is 1. The number of para-hydroxylation sites is 1. The van der Waals surface area contributed by atoms with Gasteiger partial charge in [-0.25, -0.2) is 4.98 Å². The molecule has 4 aromatic rings. The second-order valence-corrected chi connectivity index (χ2v) is 6.78. The van der Waals surface area contributed by atoms with Gasteiger partial charge >= 0.3 is 5.97 Å². The lowest BCUT2D eigenvalue weighted by molar-refractivity contribution is -0.137. The number of carboxylic acids is 1. The number of hydrogen-bond acceptors (Lipinski definition) is 5. The highest BCUT2D eigenvalue weighted by atomic mass is 16.4. The van der Waals surface area contributed by atoms with Crippen LogP contribution in [0.1, 0.15) is 24.2 Å². The van der Waals surface area contributed by atoms with E-state index in [0.717, 1.165) is 32.1 Å². The van der Waals surface area contributed by atoms with Crippen LogP contribution in [0.5, 0.6) is 0 Å². The first-order valence-corrected chi connectivity index (χ1v) is 8.90. The summed E-state index contributed by atoms with van der Waals surface area (Å²) in [7, 11) is 0. The molecular formula is C21H19N3O4. The molecule has 0 unspecified atom stereocenters. The standard InChI is InChI=1S/C21H19N3O4/c1-12-10-24(11-19(25)26)21(27)20(22-12)23-13(2)14-7-8-18-16(9-14)15-5-3-4-6-17(15)28-18/h3-10,13H,11H2,1-2H3,(H,22,23)(H,25,26)/t13-/m1/s1. The number of anilines is 1. The van der Waals surface area contributed by atoms with E-state index in [1.54, 1.807) is 6.92 Å². The minimum absolute atomic E-state index is 0.130. The van der Waals surface area contributed by atoms with Gasteiger partial charge in [-0.1, -0.05) is 24.3 Å². The Kier molecular flexibility index (Phi) is 4.35. The summed E-state index contributed by atoms with van der Waals surface area (Å²) in [6.45, 7) is 3.24. The highest BCUT2D eigenvalue weighted by molar-refractivity contribution is 6.05. The summed E-state index contributed by atoms with van der Waals surface area (Å²) in [4.78, 5) is 27.8. The molecule has 0 aliphatic rings. The second kappa shape index (κ2) is 6.84. The fourth-order valence-corrected chi connectivity index (χ4v) is 3.33. The molecule has 0 saturated carbocycles. The number of aryl methyl sites for hydroxylation is 1. The van der Waals surface area contributed by atoms with Gasteiger partial charge in [0.25, 0.3) is 5.56 Å². The van der Waals surface area contributed by atoms with Crippen LogP contribution in [0.2, 0.25) is 0 Å². The minimum atomic E-state index is -1.08. The summed E-state index contributed by atoms with van der Waals surface area (Å²) >= 11 is 0. The quantitative estimate of drug-likeness (QED) is 0.550. The van der Waals surface area contributed by atoms with Crippen molar-refractivity contribution in [3.05, 3.63) is 70.3 Å². The molecule has 1 atom stereocenters. The molecule has 2 N–H and O–H groups in total. The Bertz CT molecular complexity index is 1260. The van der Waals surface area contributed by atoms with E-state index in [1.165, 1.54) is 6.20 Å². The number of nitrogens with zero attached hydrogens (tertiary/aromatic N) is 2. The van der Waals surface area contributed by atoms with Crippen molar-refractivity contribution in [3.63, 3.8) is 0 Å². The van der Waals surface area contributed by atoms with Gasteiger partial charge in [-0.3, -0.25) is 14.2 Å². The topological polar surface area (TPSA) is 97.4 Å². The number of benzene rings is 2. The van der Waals surface area contributed by atoms with Crippen molar-refractivity contribution in [1.82, 2.24) is 9.55 Å². The van der Waals surface area contributed by atoms with E-state index in [9.17, 15) is 9.59 Å². The van der Waals surface area contributed by atoms with Crippen LogP contribution in [0.25, 0.3) is 21.9 Å². The van der Waals surface area contributed by atoms with E-state index in [-0.39, 0.29) is 11.9 Å². The van der Waals surface area contributed by atoms with Gasteiger partial charge < -0.3 is 14.8 Å². The third-order valence-electron chi connectivity index (χ3n) is 4.65. The molecule has 2 aromatic heterocycles. The fourth-order valence-electron chi connectivity index (χ4n) is 3.33. The minimum Gasteiger partial charge on any atom is -0.480 e. The third-order valence-corrected chi connectivity index (χ3v) is 4.65. The maximum absolute atomic E-state index is 12.5. The zero-order valence-corrected chi connectivity index (χ0v) is 15.5. The SMILES string of the molecule is Cc1cn(CC(=O)O)c(=O)c(N[C@H](C)c2ccc3oc4ccccc4c3c2)n1. The molecule has 0 aliphatic heterocycles. The Balaban J connectivity index is 1.69. The maximum Gasteiger partial charge on any atom is 0.323 e. The molecule has 0 spiro atoms. The zero-order chi connectivity index (χ0) is 19.8. The molecule has 2 aromatic carbocycles. The van der Waals surface area contributed by atoms with Crippen LogP contribution in [-0.2, 0) is 11.3 Å². The Morgan fingerprint density at radius 1 is 1.21 bits per heavy atom. The van der Waals surface area contributed by atoms with Gasteiger partial charge in [0.2, 0.25) is 0 Å². The molecule has 7 heteroatoms. The average molecular weight is 377 g/mol. The highest BCUT2D eigenvalue weighted by Gasteiger charge is 2.15. The van der Waals surface area contributed by atoms with Crippen LogP contribution >= 0.6 is 0 Å². The molecule has 0 radical (unpaired) electrons. The van der Waals surface area contributed by atoms with Crippen molar-refractivity contribution >= 4 is 33.7 Å². The first kappa shape index (κ1) is 17.8. The fraction of sp³-hybridized carbons (Fsp3) is 0.190. The molecule has 0 amide bonds. The molecule has 0 fully saturated rings. The van der Waals surface area contributed by atoms with Gasteiger partial charge in [0.05, 0.1) is 11.7 Å². The molecule has 0 aliphatic carbocycles. The van der Waals surface area contributed by atoms with Crippen LogP contribution < -0.4 is 10.9 Å². The van der Waals surface area contributed by atoms with E-state index < -0.39 is 18.1 Å². The van der Waals surface area contributed by atoms with E-state index in [1.807, 2.05) is 49.4 Å². The Morgan fingerprint density at radius 3 is 2.75 bits per heavy atom. The number of carbonyl (C=O) groups is 1. The van der Waals surface area contributed by atoms with Crippen LogP contribution in [0, 0.1) is 6.92 Å². The summed E-state index contributed by atoms with van der Waals surface area (Å²) in [6, 6.07) is 13.5. The van der Waals surface area contributed by atoms with Crippen LogP contribution in [0.3, 0.4) is 0 Å². The third kappa shape index (κ3) is 3.22. The van der Waals surface area contributed by atoms with E-state index in [2.05, 4.69) is 10.3 Å². The van der Waals surface area contributed by atoms with Gasteiger partial charge in [-0.05, 0) is 37.6 Å². The molecular weight excluding hydrogens is 358 g/mol. The van der Waals surface area contributed by atoms with E-state index >= 15 is 0 Å². The summed E-state index contributed by atoms with van der Waals surface area (Å²) in [5.74, 6) is -0.949. The first-order valence-electron chi connectivity index (χ1n) is 8.90. The van der Waals surface area contributed by atoms with Gasteiger partial charge in [-0.15, -0.1) is 0 Å². The first-order chi connectivity index (χ1) is 13.4. The maximum atomic E-state index is 12.5. The van der Waals surface area contributed by atoms with Gasteiger partial charge in [0.15, 0.2) is 5.82 Å². The predicted octanol–water partition coefficient (Wildman–Crippen LogP) is 3.71. The second-order valence-electron chi connectivity index (χ2n) is 6.78. The van der Waals surface area contributed by atoms with Gasteiger partial charge in [0, 0.05) is 17.0 Å². The normalized spacial score (nSPS) is 12.4.